The molecular weight excluding hydrogens is 178 g/mol. The molecule has 0 heterocycles. The molecule has 2 N–H and O–H groups in total. The van der Waals surface area contributed by atoms with Crippen molar-refractivity contribution in [2.45, 2.75) is 19.8 Å². The van der Waals surface area contributed by atoms with E-state index >= 15 is 0 Å². The van der Waals surface area contributed by atoms with Crippen LogP contribution in [0.4, 0.5) is 0 Å². The van der Waals surface area contributed by atoms with Gasteiger partial charge in [-0.05, 0) is 6.42 Å². The molecule has 0 aromatic rings. The van der Waals surface area contributed by atoms with E-state index in [0.29, 0.717) is 6.54 Å². The van der Waals surface area contributed by atoms with Crippen molar-refractivity contribution in [3.8, 4) is 0 Å². The zero-order valence-electron chi connectivity index (χ0n) is 7.82. The number of nitrogens with two attached hydrogens (primary N) is 1. The van der Waals surface area contributed by atoms with E-state index in [1.165, 1.54) is 5.01 Å². The molecule has 0 aromatic heterocycles. The van der Waals surface area contributed by atoms with Gasteiger partial charge >= 0.3 is 0 Å². The lowest BCUT2D eigenvalue weighted by Crippen LogP contribution is -2.45. The fourth-order valence-electron chi connectivity index (χ4n) is 0.848. The third kappa shape index (κ3) is 4.01. The molecule has 0 bridgehead atoms. The molecule has 0 radical (unpaired) electrons. The van der Waals surface area contributed by atoms with E-state index in [1.54, 1.807) is 14.1 Å². The van der Waals surface area contributed by atoms with E-state index in [2.05, 4.69) is 0 Å². The van der Waals surface area contributed by atoms with Crippen molar-refractivity contribution in [2.75, 3.05) is 20.6 Å². The number of hydrazine groups is 1. The Kier molecular flexibility index (Phi) is 4.69. The first-order chi connectivity index (χ1) is 5.39. The Bertz CT molecular complexity index is 213. The van der Waals surface area contributed by atoms with Gasteiger partial charge < -0.3 is 0 Å². The zero-order chi connectivity index (χ0) is 9.78. The molecule has 0 saturated carbocycles. The van der Waals surface area contributed by atoms with Gasteiger partial charge in [0.2, 0.25) is 0 Å². The molecule has 74 valence electrons. The van der Waals surface area contributed by atoms with E-state index in [9.17, 15) is 8.42 Å². The largest absolute Gasteiger partial charge is 0.289 e. The lowest BCUT2D eigenvalue weighted by molar-refractivity contribution is 0.125. The molecule has 6 heteroatoms. The van der Waals surface area contributed by atoms with Crippen LogP contribution in [0.25, 0.3) is 0 Å². The van der Waals surface area contributed by atoms with Crippen LogP contribution in [0.1, 0.15) is 19.8 Å². The second kappa shape index (κ2) is 4.76. The summed E-state index contributed by atoms with van der Waals surface area (Å²) >= 11 is 0. The normalized spacial score (nSPS) is 12.8. The Hall–Kier alpha value is -0.170. The summed E-state index contributed by atoms with van der Waals surface area (Å²) in [5.41, 5.74) is 0. The zero-order valence-corrected chi connectivity index (χ0v) is 8.63. The van der Waals surface area contributed by atoms with Crippen molar-refractivity contribution in [1.82, 2.24) is 9.42 Å². The fraction of sp³-hybridized carbons (Fsp3) is 1.00. The number of hydrogen-bond donors (Lipinski definition) is 1. The maximum absolute atomic E-state index is 10.9. The van der Waals surface area contributed by atoms with Gasteiger partial charge in [-0.3, -0.25) is 0 Å². The quantitative estimate of drug-likeness (QED) is 0.616. The number of hydrogen-bond acceptors (Lipinski definition) is 3. The minimum Gasteiger partial charge on any atom is -0.233 e. The van der Waals surface area contributed by atoms with Gasteiger partial charge in [0, 0.05) is 20.6 Å². The molecule has 0 amide bonds. The summed E-state index contributed by atoms with van der Waals surface area (Å²) in [5, 5.41) is 6.46. The van der Waals surface area contributed by atoms with E-state index in [1.807, 2.05) is 6.92 Å². The van der Waals surface area contributed by atoms with Crippen LogP contribution in [0.15, 0.2) is 0 Å². The summed E-state index contributed by atoms with van der Waals surface area (Å²) in [7, 11) is -0.271. The molecule has 5 nitrogen and oxygen atoms in total. The summed E-state index contributed by atoms with van der Waals surface area (Å²) in [6, 6.07) is 0. The second-order valence-corrected chi connectivity index (χ2v) is 4.24. The SMILES string of the molecule is CCCCN(N(C)C)S(N)(=O)=O. The summed E-state index contributed by atoms with van der Waals surface area (Å²) < 4.78 is 23.0. The third-order valence-electron chi connectivity index (χ3n) is 1.44. The van der Waals surface area contributed by atoms with Crippen LogP contribution >= 0.6 is 0 Å². The van der Waals surface area contributed by atoms with E-state index < -0.39 is 10.2 Å². The van der Waals surface area contributed by atoms with Gasteiger partial charge in [-0.2, -0.15) is 8.42 Å². The number of rotatable bonds is 5. The topological polar surface area (TPSA) is 66.6 Å². The van der Waals surface area contributed by atoms with Crippen LogP contribution in [-0.2, 0) is 10.2 Å². The molecular formula is C6H17N3O2S. The van der Waals surface area contributed by atoms with Crippen molar-refractivity contribution in [3.05, 3.63) is 0 Å². The van der Waals surface area contributed by atoms with Gasteiger partial charge in [0.05, 0.1) is 0 Å². The number of unbranched alkanes of at least 4 members (excludes halogenated alkanes) is 1. The first-order valence-corrected chi connectivity index (χ1v) is 5.37. The maximum Gasteiger partial charge on any atom is 0.289 e. The fourth-order valence-corrected chi connectivity index (χ4v) is 1.69. The van der Waals surface area contributed by atoms with E-state index in [4.69, 9.17) is 5.14 Å². The molecule has 0 saturated heterocycles. The molecule has 0 aliphatic rings. The third-order valence-corrected chi connectivity index (χ3v) is 2.54. The Morgan fingerprint density at radius 1 is 1.33 bits per heavy atom. The van der Waals surface area contributed by atoms with Gasteiger partial charge in [0.25, 0.3) is 10.2 Å². The van der Waals surface area contributed by atoms with Gasteiger partial charge in [-0.1, -0.05) is 13.3 Å². The van der Waals surface area contributed by atoms with Crippen molar-refractivity contribution >= 4 is 10.2 Å². The smallest absolute Gasteiger partial charge is 0.233 e. The minimum atomic E-state index is -3.58. The van der Waals surface area contributed by atoms with Crippen LogP contribution < -0.4 is 5.14 Å². The maximum atomic E-state index is 10.9. The Balaban J connectivity index is 4.26. The average Bonchev–Trinajstić information content (AvgIpc) is 1.84. The number of nitrogens with zero attached hydrogens (tertiary/aromatic N) is 2. The summed E-state index contributed by atoms with van der Waals surface area (Å²) in [6.45, 7) is 2.44. The molecule has 0 atom stereocenters. The van der Waals surface area contributed by atoms with Crippen molar-refractivity contribution in [1.29, 1.82) is 0 Å². The summed E-state index contributed by atoms with van der Waals surface area (Å²) in [4.78, 5) is 0. The highest BCUT2D eigenvalue weighted by Crippen LogP contribution is 2.00. The van der Waals surface area contributed by atoms with Gasteiger partial charge in [-0.25, -0.2) is 10.1 Å². The summed E-state index contributed by atoms with van der Waals surface area (Å²) in [5.74, 6) is 0. The molecule has 0 unspecified atom stereocenters. The first kappa shape index (κ1) is 11.8. The Morgan fingerprint density at radius 3 is 2.08 bits per heavy atom. The van der Waals surface area contributed by atoms with Crippen LogP contribution in [0.5, 0.6) is 0 Å². The Morgan fingerprint density at radius 2 is 1.83 bits per heavy atom. The lowest BCUT2D eigenvalue weighted by Gasteiger charge is -2.25. The molecule has 0 aliphatic heterocycles. The predicted molar refractivity (Wildman–Crippen MR) is 48.4 cm³/mol. The monoisotopic (exact) mass is 195 g/mol. The molecule has 0 aliphatic carbocycles. The lowest BCUT2D eigenvalue weighted by atomic mass is 10.3. The predicted octanol–water partition coefficient (Wildman–Crippen LogP) is -0.231. The Labute approximate surface area is 74.3 Å². The van der Waals surface area contributed by atoms with Crippen LogP contribution in [0.2, 0.25) is 0 Å². The average molecular weight is 195 g/mol. The van der Waals surface area contributed by atoms with Crippen LogP contribution in [-0.4, -0.2) is 38.5 Å². The first-order valence-electron chi connectivity index (χ1n) is 3.87. The standard InChI is InChI=1S/C6H17N3O2S/c1-4-5-6-9(8(2)3)12(7,10)11/h4-6H2,1-3H3,(H2,7,10,11). The second-order valence-electron chi connectivity index (χ2n) is 2.79. The van der Waals surface area contributed by atoms with Crippen molar-refractivity contribution in [3.63, 3.8) is 0 Å². The van der Waals surface area contributed by atoms with Gasteiger partial charge in [0.1, 0.15) is 0 Å². The highest BCUT2D eigenvalue weighted by atomic mass is 32.2. The highest BCUT2D eigenvalue weighted by molar-refractivity contribution is 7.86. The highest BCUT2D eigenvalue weighted by Gasteiger charge is 2.18. The van der Waals surface area contributed by atoms with Crippen molar-refractivity contribution < 1.29 is 8.42 Å². The summed E-state index contributed by atoms with van der Waals surface area (Å²) in [6.07, 6.45) is 1.76. The van der Waals surface area contributed by atoms with Crippen LogP contribution in [0, 0.1) is 0 Å². The minimum absolute atomic E-state index is 0.447. The van der Waals surface area contributed by atoms with Gasteiger partial charge in [-0.15, -0.1) is 4.41 Å². The van der Waals surface area contributed by atoms with Gasteiger partial charge in [0.15, 0.2) is 0 Å². The molecule has 12 heavy (non-hydrogen) atoms. The van der Waals surface area contributed by atoms with E-state index in [-0.39, 0.29) is 0 Å². The molecule has 0 spiro atoms. The molecule has 0 fully saturated rings. The molecule has 0 rings (SSSR count). The molecule has 0 aromatic carbocycles. The van der Waals surface area contributed by atoms with E-state index in [0.717, 1.165) is 17.3 Å². The van der Waals surface area contributed by atoms with Crippen molar-refractivity contribution in [2.24, 2.45) is 5.14 Å². The van der Waals surface area contributed by atoms with Crippen LogP contribution in [0.3, 0.4) is 0 Å².